The molecule has 8 rings (SSSR count). The summed E-state index contributed by atoms with van der Waals surface area (Å²) in [6.07, 6.45) is -3.11. The molecule has 2 saturated heterocycles. The Bertz CT molecular complexity index is 2670. The third-order valence-corrected chi connectivity index (χ3v) is 13.0. The molecule has 16 nitrogen and oxygen atoms in total. The summed E-state index contributed by atoms with van der Waals surface area (Å²) in [5.41, 5.74) is -2.17. The molecule has 4 aromatic rings. The van der Waals surface area contributed by atoms with Gasteiger partial charge in [-0.2, -0.15) is 18.2 Å². The second kappa shape index (κ2) is 15.1. The lowest BCUT2D eigenvalue weighted by Crippen LogP contribution is -2.53. The third kappa shape index (κ3) is 6.45. The van der Waals surface area contributed by atoms with E-state index < -0.39 is 108 Å². The third-order valence-electron chi connectivity index (χ3n) is 12.0. The van der Waals surface area contributed by atoms with Crippen LogP contribution in [-0.4, -0.2) is 62.7 Å². The lowest BCUT2D eigenvalue weighted by Gasteiger charge is -2.50. The topological polar surface area (TPSA) is 209 Å². The van der Waals surface area contributed by atoms with Crippen LogP contribution in [0.2, 0.25) is 10.0 Å². The minimum atomic E-state index is -4.82. The van der Waals surface area contributed by atoms with Crippen LogP contribution in [0, 0.1) is 43.9 Å². The Hall–Kier alpha value is -6.12. The molecule has 2 aliphatic heterocycles. The van der Waals surface area contributed by atoms with Gasteiger partial charge in [0.15, 0.2) is 11.5 Å². The molecular formula is C40H29BrCl2F3N7O9. The number of rotatable bonds is 8. The van der Waals surface area contributed by atoms with Crippen molar-refractivity contribution < 1.29 is 47.3 Å². The molecule has 0 bridgehead atoms. The van der Waals surface area contributed by atoms with Gasteiger partial charge in [-0.3, -0.25) is 44.8 Å². The normalized spacial score (nSPS) is 24.4. The Labute approximate surface area is 366 Å². The molecule has 1 aromatic heterocycles. The van der Waals surface area contributed by atoms with Crippen molar-refractivity contribution in [1.82, 2.24) is 9.99 Å². The molecule has 62 heavy (non-hydrogen) atoms. The van der Waals surface area contributed by atoms with Crippen molar-refractivity contribution in [3.63, 3.8) is 0 Å². The highest BCUT2D eigenvalue weighted by Gasteiger charge is 2.71. The number of alkyl halides is 3. The van der Waals surface area contributed by atoms with Crippen LogP contribution in [0.3, 0.4) is 0 Å². The number of aromatic hydroxyl groups is 1. The smallest absolute Gasteiger partial charge is 0.417 e. The summed E-state index contributed by atoms with van der Waals surface area (Å²) in [6.45, 7) is 0. The molecule has 0 spiro atoms. The summed E-state index contributed by atoms with van der Waals surface area (Å²) < 4.78 is 41.1. The quantitative estimate of drug-likeness (QED) is 0.0746. The molecular weight excluding hydrogens is 930 g/mol. The largest absolute Gasteiger partial charge is 0.508 e. The molecule has 320 valence electrons. The first-order valence-corrected chi connectivity index (χ1v) is 20.1. The number of hydrogen-bond donors (Lipinski definition) is 2. The number of hydrazine groups is 1. The fourth-order valence-corrected chi connectivity index (χ4v) is 10.3. The average Bonchev–Trinajstić information content (AvgIpc) is 3.59. The molecule has 0 unspecified atom stereocenters. The van der Waals surface area contributed by atoms with Gasteiger partial charge in [0.1, 0.15) is 5.75 Å². The van der Waals surface area contributed by atoms with Crippen LogP contribution in [-0.2, 0) is 30.8 Å². The first-order valence-electron chi connectivity index (χ1n) is 18.5. The van der Waals surface area contributed by atoms with E-state index in [9.17, 15) is 52.9 Å². The van der Waals surface area contributed by atoms with Crippen molar-refractivity contribution in [1.29, 1.82) is 0 Å². The van der Waals surface area contributed by atoms with E-state index in [-0.39, 0.29) is 40.4 Å². The first-order chi connectivity index (χ1) is 29.2. The van der Waals surface area contributed by atoms with E-state index in [0.717, 1.165) is 17.0 Å². The molecule has 6 atom stereocenters. The number of halogens is 6. The molecule has 3 aromatic carbocycles. The zero-order chi connectivity index (χ0) is 44.9. The molecule has 4 amide bonds. The summed E-state index contributed by atoms with van der Waals surface area (Å²) in [4.78, 5) is 87.8. The molecule has 0 radical (unpaired) electrons. The van der Waals surface area contributed by atoms with Crippen molar-refractivity contribution in [2.75, 3.05) is 29.3 Å². The SMILES string of the molecule is CN(C)c1c([N+](=O)[O-])cc(N2C(=O)[C@H]3[C@H](CC=C4[C@H]3C[C@H]3C(=O)N(Nc5ncc(C(F)(F)F)cc5Cl)C(=O)[C@@]3(c3ccc(Cl)cc3)[C@H]4c3cc(Br)ccc3O)C2=O)cc1[N+](=O)[O-]. The highest BCUT2D eigenvalue weighted by molar-refractivity contribution is 9.10. The number of fused-ring (bicyclic) bond motifs is 4. The summed E-state index contributed by atoms with van der Waals surface area (Å²) in [5.74, 6) is -10.4. The summed E-state index contributed by atoms with van der Waals surface area (Å²) in [6, 6.07) is 12.8. The van der Waals surface area contributed by atoms with Gasteiger partial charge in [-0.15, -0.1) is 0 Å². The van der Waals surface area contributed by atoms with E-state index in [0.29, 0.717) is 32.2 Å². The molecule has 2 N–H and O–H groups in total. The Morgan fingerprint density at radius 2 is 1.58 bits per heavy atom. The molecule has 1 saturated carbocycles. The van der Waals surface area contributed by atoms with Crippen LogP contribution in [0.4, 0.5) is 41.7 Å². The van der Waals surface area contributed by atoms with Gasteiger partial charge in [0.05, 0.1) is 49.3 Å². The number of nitrogens with one attached hydrogen (secondary N) is 1. The number of nitro benzene ring substituents is 2. The number of aromatic nitrogens is 1. The van der Waals surface area contributed by atoms with E-state index in [2.05, 4.69) is 26.3 Å². The number of allylic oxidation sites excluding steroid dienone is 2. The van der Waals surface area contributed by atoms with Crippen LogP contribution in [0.15, 0.2) is 83.0 Å². The van der Waals surface area contributed by atoms with E-state index in [1.54, 1.807) is 6.08 Å². The van der Waals surface area contributed by atoms with Crippen molar-refractivity contribution in [2.24, 2.45) is 23.7 Å². The van der Waals surface area contributed by atoms with Crippen LogP contribution >= 0.6 is 39.1 Å². The van der Waals surface area contributed by atoms with Crippen LogP contribution in [0.5, 0.6) is 5.75 Å². The number of hydrogen-bond acceptors (Lipinski definition) is 12. The predicted molar refractivity (Wildman–Crippen MR) is 219 cm³/mol. The van der Waals surface area contributed by atoms with Crippen molar-refractivity contribution in [2.45, 2.75) is 30.4 Å². The van der Waals surface area contributed by atoms with Crippen molar-refractivity contribution in [3.8, 4) is 5.75 Å². The van der Waals surface area contributed by atoms with Gasteiger partial charge >= 0.3 is 17.6 Å². The minimum Gasteiger partial charge on any atom is -0.508 e. The maximum absolute atomic E-state index is 15.4. The van der Waals surface area contributed by atoms with Crippen LogP contribution in [0.25, 0.3) is 0 Å². The highest BCUT2D eigenvalue weighted by atomic mass is 79.9. The van der Waals surface area contributed by atoms with Gasteiger partial charge in [-0.25, -0.2) is 9.88 Å². The van der Waals surface area contributed by atoms with E-state index in [4.69, 9.17) is 23.2 Å². The Kier molecular flexibility index (Phi) is 10.3. The molecule has 4 aliphatic rings. The number of phenolic OH excluding ortho intramolecular Hbond substituents is 1. The van der Waals surface area contributed by atoms with Gasteiger partial charge in [-0.1, -0.05) is 62.9 Å². The number of anilines is 3. The molecule has 3 heterocycles. The summed E-state index contributed by atoms with van der Waals surface area (Å²) in [7, 11) is 2.71. The maximum atomic E-state index is 15.4. The Morgan fingerprint density at radius 3 is 2.16 bits per heavy atom. The lowest BCUT2D eigenvalue weighted by molar-refractivity contribution is -0.392. The number of nitro groups is 2. The number of pyridine rings is 1. The zero-order valence-electron chi connectivity index (χ0n) is 31.9. The van der Waals surface area contributed by atoms with Gasteiger partial charge < -0.3 is 10.0 Å². The maximum Gasteiger partial charge on any atom is 0.417 e. The number of phenols is 1. The van der Waals surface area contributed by atoms with Crippen LogP contribution < -0.4 is 15.2 Å². The highest BCUT2D eigenvalue weighted by Crippen LogP contribution is 2.65. The number of nitrogens with zero attached hydrogens (tertiary/aromatic N) is 6. The Balaban J connectivity index is 1.31. The first kappa shape index (κ1) is 42.6. The average molecular weight is 960 g/mol. The Morgan fingerprint density at radius 1 is 0.935 bits per heavy atom. The standard InChI is InChI=1S/C40H29BrCl2F3N7O9/c1-49(2)33-28(52(59)60)13-21(14-29(33)53(61)62)50-35(55)23-9-8-22-24(31(23)37(50)57)15-26-36(56)51(48-34-27(43)11-18(16-47-34)40(44,45)46)38(58)39(26,17-3-6-20(42)7-4-17)32(22)25-12-19(41)5-10-30(25)54/h3-8,10-14,16,23-24,26,31-32,54H,9,15H2,1-2H3,(H,47,48)/t23-,24+,26-,31-,32+,39+/m0/s1. The minimum absolute atomic E-state index is 0.126. The lowest BCUT2D eigenvalue weighted by atomic mass is 9.49. The van der Waals surface area contributed by atoms with E-state index in [1.807, 2.05) is 0 Å². The number of carbonyl (C=O) groups excluding carboxylic acids is 4. The predicted octanol–water partition coefficient (Wildman–Crippen LogP) is 7.95. The van der Waals surface area contributed by atoms with E-state index in [1.165, 1.54) is 56.6 Å². The number of amides is 4. The fourth-order valence-electron chi connectivity index (χ4n) is 9.59. The van der Waals surface area contributed by atoms with Gasteiger partial charge in [0.2, 0.25) is 11.8 Å². The van der Waals surface area contributed by atoms with Gasteiger partial charge in [0, 0.05) is 53.4 Å². The molecule has 3 fully saturated rings. The van der Waals surface area contributed by atoms with Gasteiger partial charge in [0.25, 0.3) is 11.8 Å². The monoisotopic (exact) mass is 957 g/mol. The van der Waals surface area contributed by atoms with Gasteiger partial charge in [-0.05, 0) is 60.7 Å². The summed E-state index contributed by atoms with van der Waals surface area (Å²) >= 11 is 16.0. The summed E-state index contributed by atoms with van der Waals surface area (Å²) in [5, 5.41) is 36.4. The van der Waals surface area contributed by atoms with Crippen LogP contribution in [0.1, 0.15) is 35.4 Å². The number of imide groups is 2. The molecule has 2 aliphatic carbocycles. The number of benzene rings is 3. The molecule has 22 heteroatoms. The second-order valence-corrected chi connectivity index (χ2v) is 17.1. The zero-order valence-corrected chi connectivity index (χ0v) is 35.0. The van der Waals surface area contributed by atoms with E-state index >= 15 is 4.79 Å². The number of carbonyl (C=O) groups is 4. The fraction of sp³-hybridized carbons (Fsp3) is 0.275. The van der Waals surface area contributed by atoms with Crippen molar-refractivity contribution in [3.05, 3.63) is 130 Å². The second-order valence-electron chi connectivity index (χ2n) is 15.4. The van der Waals surface area contributed by atoms with Crippen molar-refractivity contribution >= 4 is 91.3 Å².